The van der Waals surface area contributed by atoms with Crippen LogP contribution in [0.1, 0.15) is 0 Å². The number of nitrogens with zero attached hydrogens (tertiary/aromatic N) is 1. The molecule has 0 spiro atoms. The zero-order chi connectivity index (χ0) is 16.3. The van der Waals surface area contributed by atoms with Crippen molar-refractivity contribution in [2.75, 3.05) is 18.0 Å². The highest BCUT2D eigenvalue weighted by Gasteiger charge is 2.28. The Kier molecular flexibility index (Phi) is 4.94. The molecule has 1 aromatic heterocycles. The zero-order valence-corrected chi connectivity index (χ0v) is 13.8. The number of methoxy groups -OCH3 is 1. The maximum atomic E-state index is 12.6. The van der Waals surface area contributed by atoms with Crippen molar-refractivity contribution in [3.05, 3.63) is 40.7 Å². The van der Waals surface area contributed by atoms with E-state index in [4.69, 9.17) is 21.4 Å². The minimum Gasteiger partial charge on any atom is -0.495 e. The molecule has 1 aromatic carbocycles. The molecule has 0 atom stereocenters. The summed E-state index contributed by atoms with van der Waals surface area (Å²) in [7, 11) is -2.54. The summed E-state index contributed by atoms with van der Waals surface area (Å²) in [6, 6.07) is 7.28. The van der Waals surface area contributed by atoms with Gasteiger partial charge in [-0.15, -0.1) is 11.3 Å². The molecule has 0 fully saturated rings. The Bertz CT molecular complexity index is 774. The molecule has 0 amide bonds. The van der Waals surface area contributed by atoms with Crippen molar-refractivity contribution in [3.8, 4) is 5.75 Å². The van der Waals surface area contributed by atoms with E-state index in [-0.39, 0.29) is 14.9 Å². The number of sulfonamides is 1. The van der Waals surface area contributed by atoms with E-state index >= 15 is 0 Å². The van der Waals surface area contributed by atoms with Crippen LogP contribution < -0.4 is 9.04 Å². The molecule has 0 saturated heterocycles. The van der Waals surface area contributed by atoms with Crippen molar-refractivity contribution >= 4 is 44.6 Å². The largest absolute Gasteiger partial charge is 0.495 e. The number of hydrogen-bond donors (Lipinski definition) is 1. The zero-order valence-electron chi connectivity index (χ0n) is 11.4. The van der Waals surface area contributed by atoms with Gasteiger partial charge in [0.1, 0.15) is 16.5 Å². The number of rotatable bonds is 6. The maximum absolute atomic E-state index is 12.6. The molecule has 0 aliphatic heterocycles. The number of hydrogen-bond acceptors (Lipinski definition) is 5. The molecule has 2 rings (SSSR count). The summed E-state index contributed by atoms with van der Waals surface area (Å²) >= 11 is 7.01. The van der Waals surface area contributed by atoms with Crippen molar-refractivity contribution in [2.45, 2.75) is 4.21 Å². The summed E-state index contributed by atoms with van der Waals surface area (Å²) in [5.41, 5.74) is 0.154. The van der Waals surface area contributed by atoms with Crippen LogP contribution in [0, 0.1) is 0 Å². The van der Waals surface area contributed by atoms with Gasteiger partial charge in [0.05, 0.1) is 17.8 Å². The van der Waals surface area contributed by atoms with Crippen molar-refractivity contribution in [1.29, 1.82) is 0 Å². The third-order valence-electron chi connectivity index (χ3n) is 2.74. The number of ether oxygens (including phenoxy) is 1. The van der Waals surface area contributed by atoms with Gasteiger partial charge in [-0.1, -0.05) is 17.7 Å². The lowest BCUT2D eigenvalue weighted by molar-refractivity contribution is -0.135. The van der Waals surface area contributed by atoms with E-state index < -0.39 is 22.5 Å². The number of anilines is 1. The molecule has 0 aliphatic rings. The lowest BCUT2D eigenvalue weighted by Gasteiger charge is -2.22. The van der Waals surface area contributed by atoms with Gasteiger partial charge < -0.3 is 9.84 Å². The van der Waals surface area contributed by atoms with Crippen LogP contribution in [0.5, 0.6) is 5.75 Å². The Labute approximate surface area is 136 Å². The molecule has 118 valence electrons. The van der Waals surface area contributed by atoms with Gasteiger partial charge in [0.2, 0.25) is 0 Å². The standard InChI is InChI=1S/C13H12ClNO5S2/c1-20-11-5-4-9(7-10(11)14)15(8-12(16)17)22(18,19)13-3-2-6-21-13/h2-7H,8H2,1H3,(H,16,17). The van der Waals surface area contributed by atoms with Gasteiger partial charge >= 0.3 is 5.97 Å². The Morgan fingerprint density at radius 1 is 1.41 bits per heavy atom. The van der Waals surface area contributed by atoms with Gasteiger partial charge in [-0.3, -0.25) is 9.10 Å². The number of thiophene rings is 1. The molecule has 0 radical (unpaired) electrons. The highest BCUT2D eigenvalue weighted by atomic mass is 35.5. The Balaban J connectivity index is 2.51. The van der Waals surface area contributed by atoms with Crippen molar-refractivity contribution in [3.63, 3.8) is 0 Å². The van der Waals surface area contributed by atoms with Crippen LogP contribution in [0.3, 0.4) is 0 Å². The normalized spacial score (nSPS) is 11.2. The summed E-state index contributed by atoms with van der Waals surface area (Å²) in [6.45, 7) is -0.705. The lowest BCUT2D eigenvalue weighted by Crippen LogP contribution is -2.35. The number of carboxylic acid groups (broad SMARTS) is 1. The molecule has 22 heavy (non-hydrogen) atoms. The molecule has 1 heterocycles. The predicted octanol–water partition coefficient (Wildman–Crippen LogP) is 2.69. The Morgan fingerprint density at radius 3 is 2.64 bits per heavy atom. The SMILES string of the molecule is COc1ccc(N(CC(=O)O)S(=O)(=O)c2cccs2)cc1Cl. The summed E-state index contributed by atoms with van der Waals surface area (Å²) in [5, 5.41) is 10.8. The fraction of sp³-hybridized carbons (Fsp3) is 0.154. The van der Waals surface area contributed by atoms with Crippen LogP contribution in [0.15, 0.2) is 39.9 Å². The Hall–Kier alpha value is -1.77. The first-order valence-electron chi connectivity index (χ1n) is 5.98. The summed E-state index contributed by atoms with van der Waals surface area (Å²) in [6.07, 6.45) is 0. The van der Waals surface area contributed by atoms with Crippen molar-refractivity contribution < 1.29 is 23.1 Å². The molecule has 1 N–H and O–H groups in total. The summed E-state index contributed by atoms with van der Waals surface area (Å²) < 4.78 is 31.0. The first-order chi connectivity index (χ1) is 10.4. The van der Waals surface area contributed by atoms with Gasteiger partial charge in [0.15, 0.2) is 0 Å². The van der Waals surface area contributed by atoms with E-state index in [2.05, 4.69) is 0 Å². The summed E-state index contributed by atoms with van der Waals surface area (Å²) in [4.78, 5) is 11.0. The van der Waals surface area contributed by atoms with Crippen LogP contribution in [-0.4, -0.2) is 33.1 Å². The van der Waals surface area contributed by atoms with Crippen LogP contribution in [-0.2, 0) is 14.8 Å². The predicted molar refractivity (Wildman–Crippen MR) is 84.5 cm³/mol. The van der Waals surface area contributed by atoms with Gasteiger partial charge in [0, 0.05) is 0 Å². The lowest BCUT2D eigenvalue weighted by atomic mass is 10.3. The van der Waals surface area contributed by atoms with Crippen LogP contribution in [0.25, 0.3) is 0 Å². The van der Waals surface area contributed by atoms with E-state index in [1.54, 1.807) is 11.4 Å². The second kappa shape index (κ2) is 6.55. The second-order valence-corrected chi connectivity index (χ2v) is 7.60. The van der Waals surface area contributed by atoms with Crippen LogP contribution >= 0.6 is 22.9 Å². The molecule has 0 unspecified atom stereocenters. The number of benzene rings is 1. The van der Waals surface area contributed by atoms with E-state index in [0.717, 1.165) is 15.6 Å². The van der Waals surface area contributed by atoms with E-state index in [0.29, 0.717) is 5.75 Å². The molecule has 2 aromatic rings. The minimum absolute atomic E-state index is 0.0562. The molecule has 6 nitrogen and oxygen atoms in total. The van der Waals surface area contributed by atoms with Gasteiger partial charge in [-0.25, -0.2) is 8.42 Å². The average Bonchev–Trinajstić information content (AvgIpc) is 2.99. The fourth-order valence-electron chi connectivity index (χ4n) is 1.77. The molecular weight excluding hydrogens is 350 g/mol. The molecule has 0 bridgehead atoms. The molecule has 9 heteroatoms. The first kappa shape index (κ1) is 16.6. The highest BCUT2D eigenvalue weighted by molar-refractivity contribution is 7.94. The number of carbonyl (C=O) groups is 1. The third-order valence-corrected chi connectivity index (χ3v) is 6.18. The van der Waals surface area contributed by atoms with Gasteiger partial charge in [-0.2, -0.15) is 0 Å². The smallest absolute Gasteiger partial charge is 0.324 e. The minimum atomic E-state index is -3.97. The first-order valence-corrected chi connectivity index (χ1v) is 8.67. The third kappa shape index (κ3) is 3.34. The molecule has 0 saturated carbocycles. The Morgan fingerprint density at radius 2 is 2.14 bits per heavy atom. The van der Waals surface area contributed by atoms with E-state index in [9.17, 15) is 13.2 Å². The maximum Gasteiger partial charge on any atom is 0.324 e. The van der Waals surface area contributed by atoms with E-state index in [1.165, 1.54) is 31.4 Å². The molecule has 0 aliphatic carbocycles. The summed E-state index contributed by atoms with van der Waals surface area (Å²) in [5.74, 6) is -0.902. The quantitative estimate of drug-likeness (QED) is 0.855. The average molecular weight is 362 g/mol. The number of halogens is 1. The van der Waals surface area contributed by atoms with Gasteiger partial charge in [-0.05, 0) is 29.6 Å². The fourth-order valence-corrected chi connectivity index (χ4v) is 4.53. The van der Waals surface area contributed by atoms with E-state index in [1.807, 2.05) is 0 Å². The molecular formula is C13H12ClNO5S2. The van der Waals surface area contributed by atoms with Crippen molar-refractivity contribution in [2.24, 2.45) is 0 Å². The highest BCUT2D eigenvalue weighted by Crippen LogP contribution is 2.32. The van der Waals surface area contributed by atoms with Crippen LogP contribution in [0.4, 0.5) is 5.69 Å². The van der Waals surface area contributed by atoms with Crippen molar-refractivity contribution in [1.82, 2.24) is 0 Å². The topological polar surface area (TPSA) is 83.9 Å². The van der Waals surface area contributed by atoms with Gasteiger partial charge in [0.25, 0.3) is 10.0 Å². The van der Waals surface area contributed by atoms with Crippen LogP contribution in [0.2, 0.25) is 5.02 Å². The number of carboxylic acids is 1. The monoisotopic (exact) mass is 361 g/mol. The second-order valence-electron chi connectivity index (χ2n) is 4.16. The number of aliphatic carboxylic acids is 1.